The van der Waals surface area contributed by atoms with Crippen molar-refractivity contribution in [2.45, 2.75) is 33.4 Å². The molecule has 0 aliphatic carbocycles. The number of aryl methyl sites for hydroxylation is 2. The van der Waals surface area contributed by atoms with Crippen LogP contribution in [-0.2, 0) is 11.3 Å². The zero-order valence-electron chi connectivity index (χ0n) is 9.74. The van der Waals surface area contributed by atoms with Crippen molar-refractivity contribution in [2.75, 3.05) is 0 Å². The molecule has 0 heterocycles. The second-order valence-electron chi connectivity index (χ2n) is 4.03. The fraction of sp³-hybridized carbons (Fsp3) is 0.417. The zero-order chi connectivity index (χ0) is 12.3. The van der Waals surface area contributed by atoms with Gasteiger partial charge >= 0.3 is 5.97 Å². The first kappa shape index (κ1) is 12.5. The number of hydrogen-bond donors (Lipinski definition) is 3. The van der Waals surface area contributed by atoms with Crippen molar-refractivity contribution in [1.29, 1.82) is 0 Å². The quantitative estimate of drug-likeness (QED) is 0.724. The number of benzene rings is 1. The van der Waals surface area contributed by atoms with Crippen molar-refractivity contribution in [3.05, 3.63) is 28.8 Å². The van der Waals surface area contributed by atoms with E-state index in [4.69, 9.17) is 5.11 Å². The number of carboxylic acid groups (broad SMARTS) is 1. The number of rotatable bonds is 4. The largest absolute Gasteiger partial charge is 0.507 e. The summed E-state index contributed by atoms with van der Waals surface area (Å²) in [4.78, 5) is 10.6. The Balaban J connectivity index is 2.78. The van der Waals surface area contributed by atoms with Gasteiger partial charge in [-0.25, -0.2) is 0 Å². The van der Waals surface area contributed by atoms with E-state index in [1.807, 2.05) is 26.0 Å². The van der Waals surface area contributed by atoms with Gasteiger partial charge in [0.15, 0.2) is 0 Å². The maximum Gasteiger partial charge on any atom is 0.320 e. The maximum atomic E-state index is 10.6. The fourth-order valence-electron chi connectivity index (χ4n) is 1.53. The van der Waals surface area contributed by atoms with Crippen molar-refractivity contribution < 1.29 is 15.0 Å². The highest BCUT2D eigenvalue weighted by Gasteiger charge is 2.11. The van der Waals surface area contributed by atoms with Crippen LogP contribution in [0.4, 0.5) is 0 Å². The van der Waals surface area contributed by atoms with Gasteiger partial charge in [-0.05, 0) is 26.3 Å². The van der Waals surface area contributed by atoms with Crippen LogP contribution in [0, 0.1) is 13.8 Å². The molecule has 3 N–H and O–H groups in total. The van der Waals surface area contributed by atoms with Crippen LogP contribution in [0.2, 0.25) is 0 Å². The highest BCUT2D eigenvalue weighted by atomic mass is 16.4. The third-order valence-electron chi connectivity index (χ3n) is 2.49. The average molecular weight is 223 g/mol. The Morgan fingerprint density at radius 2 is 2.06 bits per heavy atom. The van der Waals surface area contributed by atoms with Crippen LogP contribution in [0.25, 0.3) is 0 Å². The normalized spacial score (nSPS) is 12.4. The van der Waals surface area contributed by atoms with Gasteiger partial charge in [0.05, 0.1) is 0 Å². The number of phenols is 1. The zero-order valence-corrected chi connectivity index (χ0v) is 9.74. The molecule has 0 aromatic heterocycles. The minimum Gasteiger partial charge on any atom is -0.507 e. The summed E-state index contributed by atoms with van der Waals surface area (Å²) in [6.07, 6.45) is 0. The molecule has 0 fully saturated rings. The molecule has 1 rings (SSSR count). The minimum absolute atomic E-state index is 0.232. The number of phenolic OH excluding ortho intramolecular Hbond substituents is 1. The second-order valence-corrected chi connectivity index (χ2v) is 4.03. The molecule has 0 bridgehead atoms. The lowest BCUT2D eigenvalue weighted by molar-refractivity contribution is -0.139. The highest BCUT2D eigenvalue weighted by molar-refractivity contribution is 5.72. The van der Waals surface area contributed by atoms with Gasteiger partial charge in [0.25, 0.3) is 0 Å². The Kier molecular flexibility index (Phi) is 3.90. The highest BCUT2D eigenvalue weighted by Crippen LogP contribution is 2.23. The summed E-state index contributed by atoms with van der Waals surface area (Å²) in [5, 5.41) is 21.3. The molecule has 4 nitrogen and oxygen atoms in total. The number of carboxylic acids is 1. The summed E-state index contributed by atoms with van der Waals surface area (Å²) >= 11 is 0. The SMILES string of the molecule is Cc1cc(C)c(O)c(CNC(C)C(=O)O)c1. The Hall–Kier alpha value is -1.55. The minimum atomic E-state index is -0.899. The molecule has 1 unspecified atom stereocenters. The van der Waals surface area contributed by atoms with Crippen molar-refractivity contribution in [3.63, 3.8) is 0 Å². The van der Waals surface area contributed by atoms with Crippen molar-refractivity contribution in [3.8, 4) is 5.75 Å². The molecule has 0 aliphatic rings. The van der Waals surface area contributed by atoms with Gasteiger partial charge in [-0.2, -0.15) is 0 Å². The first-order valence-corrected chi connectivity index (χ1v) is 5.17. The Morgan fingerprint density at radius 3 is 2.62 bits per heavy atom. The van der Waals surface area contributed by atoms with Gasteiger partial charge in [-0.3, -0.25) is 4.79 Å². The van der Waals surface area contributed by atoms with Crippen LogP contribution in [-0.4, -0.2) is 22.2 Å². The third kappa shape index (κ3) is 2.97. The molecule has 16 heavy (non-hydrogen) atoms. The molecular formula is C12H17NO3. The molecule has 0 radical (unpaired) electrons. The van der Waals surface area contributed by atoms with E-state index in [1.165, 1.54) is 0 Å². The van der Waals surface area contributed by atoms with Crippen molar-refractivity contribution >= 4 is 5.97 Å². The number of nitrogens with one attached hydrogen (secondary N) is 1. The van der Waals surface area contributed by atoms with Gasteiger partial charge in [-0.15, -0.1) is 0 Å². The van der Waals surface area contributed by atoms with Gasteiger partial charge in [0.2, 0.25) is 0 Å². The van der Waals surface area contributed by atoms with Gasteiger partial charge in [-0.1, -0.05) is 17.7 Å². The van der Waals surface area contributed by atoms with Crippen LogP contribution >= 0.6 is 0 Å². The van der Waals surface area contributed by atoms with Gasteiger partial charge < -0.3 is 15.5 Å². The topological polar surface area (TPSA) is 69.6 Å². The molecule has 0 aliphatic heterocycles. The molecule has 0 spiro atoms. The molecule has 1 atom stereocenters. The van der Waals surface area contributed by atoms with Crippen LogP contribution in [0.3, 0.4) is 0 Å². The van der Waals surface area contributed by atoms with Gasteiger partial charge in [0, 0.05) is 12.1 Å². The Labute approximate surface area is 94.9 Å². The number of hydrogen-bond acceptors (Lipinski definition) is 3. The van der Waals surface area contributed by atoms with Crippen LogP contribution in [0.5, 0.6) is 5.75 Å². The summed E-state index contributed by atoms with van der Waals surface area (Å²) < 4.78 is 0. The fourth-order valence-corrected chi connectivity index (χ4v) is 1.53. The van der Waals surface area contributed by atoms with E-state index in [0.29, 0.717) is 6.54 Å². The molecule has 1 aromatic rings. The van der Waals surface area contributed by atoms with Crippen LogP contribution in [0.1, 0.15) is 23.6 Å². The van der Waals surface area contributed by atoms with Gasteiger partial charge in [0.1, 0.15) is 11.8 Å². The predicted octanol–water partition coefficient (Wildman–Crippen LogP) is 1.57. The summed E-state index contributed by atoms with van der Waals surface area (Å²) in [5.74, 6) is -0.667. The van der Waals surface area contributed by atoms with Crippen LogP contribution < -0.4 is 5.32 Å². The number of aromatic hydroxyl groups is 1. The summed E-state index contributed by atoms with van der Waals surface area (Å²) in [6.45, 7) is 5.69. The first-order valence-electron chi connectivity index (χ1n) is 5.17. The van der Waals surface area contributed by atoms with E-state index in [-0.39, 0.29) is 5.75 Å². The lowest BCUT2D eigenvalue weighted by Gasteiger charge is -2.12. The molecule has 0 saturated heterocycles. The predicted molar refractivity (Wildman–Crippen MR) is 61.5 cm³/mol. The van der Waals surface area contributed by atoms with E-state index in [9.17, 15) is 9.90 Å². The molecule has 4 heteroatoms. The van der Waals surface area contributed by atoms with Crippen LogP contribution in [0.15, 0.2) is 12.1 Å². The van der Waals surface area contributed by atoms with Crippen molar-refractivity contribution in [1.82, 2.24) is 5.32 Å². The molecule has 0 saturated carbocycles. The Morgan fingerprint density at radius 1 is 1.44 bits per heavy atom. The second kappa shape index (κ2) is 4.99. The Bertz CT molecular complexity index is 401. The lowest BCUT2D eigenvalue weighted by Crippen LogP contribution is -2.33. The molecule has 0 amide bonds. The number of aliphatic carboxylic acids is 1. The first-order chi connectivity index (χ1) is 7.41. The van der Waals surface area contributed by atoms with E-state index in [1.54, 1.807) is 6.92 Å². The van der Waals surface area contributed by atoms with Crippen molar-refractivity contribution in [2.24, 2.45) is 0 Å². The molecule has 1 aromatic carbocycles. The maximum absolute atomic E-state index is 10.6. The molecule has 88 valence electrons. The monoisotopic (exact) mass is 223 g/mol. The van der Waals surface area contributed by atoms with E-state index < -0.39 is 12.0 Å². The smallest absolute Gasteiger partial charge is 0.320 e. The lowest BCUT2D eigenvalue weighted by atomic mass is 10.1. The average Bonchev–Trinajstić information content (AvgIpc) is 2.20. The van der Waals surface area contributed by atoms with E-state index >= 15 is 0 Å². The summed E-state index contributed by atoms with van der Waals surface area (Å²) in [7, 11) is 0. The standard InChI is InChI=1S/C12H17NO3/c1-7-4-8(2)11(14)10(5-7)6-13-9(3)12(15)16/h4-5,9,13-14H,6H2,1-3H3,(H,15,16). The number of carbonyl (C=O) groups is 1. The third-order valence-corrected chi connectivity index (χ3v) is 2.49. The molecular weight excluding hydrogens is 206 g/mol. The summed E-state index contributed by atoms with van der Waals surface area (Å²) in [5.41, 5.74) is 2.58. The van der Waals surface area contributed by atoms with E-state index in [0.717, 1.165) is 16.7 Å². The summed E-state index contributed by atoms with van der Waals surface area (Å²) in [6, 6.07) is 3.11. The van der Waals surface area contributed by atoms with E-state index in [2.05, 4.69) is 5.32 Å².